The Balaban J connectivity index is 1.73. The summed E-state index contributed by atoms with van der Waals surface area (Å²) in [5.74, 6) is 1.55. The van der Waals surface area contributed by atoms with Gasteiger partial charge in [-0.05, 0) is 30.4 Å². The first-order valence-corrected chi connectivity index (χ1v) is 6.94. The first-order chi connectivity index (χ1) is 8.79. The number of aromatic nitrogens is 1. The van der Waals surface area contributed by atoms with Crippen molar-refractivity contribution in [3.05, 3.63) is 24.0 Å². The largest absolute Gasteiger partial charge is 0.344 e. The molecular formula is C14H21N3O. The van der Waals surface area contributed by atoms with E-state index in [1.54, 1.807) is 0 Å². The molecule has 2 atom stereocenters. The third-order valence-corrected chi connectivity index (χ3v) is 4.19. The molecular weight excluding hydrogens is 226 g/mol. The van der Waals surface area contributed by atoms with Gasteiger partial charge in [0.2, 0.25) is 0 Å². The smallest absolute Gasteiger partial charge is 0.270 e. The van der Waals surface area contributed by atoms with Gasteiger partial charge in [0.25, 0.3) is 5.91 Å². The van der Waals surface area contributed by atoms with Gasteiger partial charge >= 0.3 is 0 Å². The Bertz CT molecular complexity index is 428. The average Bonchev–Trinajstić information content (AvgIpc) is 3.02. The molecule has 0 radical (unpaired) electrons. The molecule has 4 nitrogen and oxygen atoms in total. The molecule has 18 heavy (non-hydrogen) atoms. The molecule has 98 valence electrons. The van der Waals surface area contributed by atoms with Gasteiger partial charge in [-0.3, -0.25) is 4.79 Å². The number of likely N-dealkylation sites (tertiary alicyclic amines) is 1. The summed E-state index contributed by atoms with van der Waals surface area (Å²) in [6, 6.07) is 3.92. The minimum atomic E-state index is 0.211. The summed E-state index contributed by atoms with van der Waals surface area (Å²) in [6.45, 7) is 7.06. The fourth-order valence-electron chi connectivity index (χ4n) is 3.23. The maximum atomic E-state index is 12.5. The van der Waals surface area contributed by atoms with Crippen molar-refractivity contribution >= 4 is 5.91 Å². The highest BCUT2D eigenvalue weighted by Crippen LogP contribution is 2.27. The number of nitrogens with one attached hydrogen (secondary N) is 1. The summed E-state index contributed by atoms with van der Waals surface area (Å²) in [6.07, 6.45) is 3.07. The Labute approximate surface area is 108 Å². The fourth-order valence-corrected chi connectivity index (χ4v) is 3.23. The van der Waals surface area contributed by atoms with E-state index < -0.39 is 0 Å². The second-order valence-electron chi connectivity index (χ2n) is 5.48. The van der Waals surface area contributed by atoms with E-state index in [-0.39, 0.29) is 5.91 Å². The first kappa shape index (κ1) is 11.8. The third-order valence-electron chi connectivity index (χ3n) is 4.19. The van der Waals surface area contributed by atoms with Gasteiger partial charge in [0.15, 0.2) is 0 Å². The predicted octanol–water partition coefficient (Wildman–Crippen LogP) is 1.19. The minimum Gasteiger partial charge on any atom is -0.344 e. The number of hydrogen-bond donors (Lipinski definition) is 1. The second kappa shape index (κ2) is 4.76. The van der Waals surface area contributed by atoms with Crippen molar-refractivity contribution in [2.45, 2.75) is 19.9 Å². The Morgan fingerprint density at radius 1 is 1.39 bits per heavy atom. The van der Waals surface area contributed by atoms with Gasteiger partial charge in [0.05, 0.1) is 0 Å². The van der Waals surface area contributed by atoms with Gasteiger partial charge in [-0.15, -0.1) is 0 Å². The molecule has 0 aromatic carbocycles. The lowest BCUT2D eigenvalue weighted by Crippen LogP contribution is -2.33. The molecule has 4 heteroatoms. The normalized spacial score (nSPS) is 26.6. The molecule has 3 rings (SSSR count). The maximum absolute atomic E-state index is 12.5. The molecule has 2 aliphatic rings. The van der Waals surface area contributed by atoms with Crippen molar-refractivity contribution < 1.29 is 4.79 Å². The van der Waals surface area contributed by atoms with Crippen LogP contribution < -0.4 is 5.32 Å². The van der Waals surface area contributed by atoms with Crippen LogP contribution in [0.1, 0.15) is 23.8 Å². The monoisotopic (exact) mass is 247 g/mol. The molecule has 1 amide bonds. The lowest BCUT2D eigenvalue weighted by molar-refractivity contribution is 0.0771. The molecule has 2 unspecified atom stereocenters. The molecule has 0 bridgehead atoms. The fraction of sp³-hybridized carbons (Fsp3) is 0.643. The molecule has 1 N–H and O–H groups in total. The SMILES string of the molecule is CCCn1cccc1C(=O)N1CC2CNCC2C1. The minimum absolute atomic E-state index is 0.211. The Morgan fingerprint density at radius 2 is 2.11 bits per heavy atom. The quantitative estimate of drug-likeness (QED) is 0.871. The highest BCUT2D eigenvalue weighted by Gasteiger charge is 2.38. The molecule has 1 aromatic rings. The summed E-state index contributed by atoms with van der Waals surface area (Å²) in [7, 11) is 0. The number of carbonyl (C=O) groups excluding carboxylic acids is 1. The standard InChI is InChI=1S/C14H21N3O/c1-2-5-16-6-3-4-13(16)14(18)17-9-11-7-15-8-12(11)10-17/h3-4,6,11-12,15H,2,5,7-10H2,1H3. The van der Waals surface area contributed by atoms with Crippen LogP contribution in [-0.4, -0.2) is 41.6 Å². The Kier molecular flexibility index (Phi) is 3.12. The van der Waals surface area contributed by atoms with E-state index in [0.29, 0.717) is 11.8 Å². The van der Waals surface area contributed by atoms with Crippen LogP contribution in [0.15, 0.2) is 18.3 Å². The Hall–Kier alpha value is -1.29. The number of rotatable bonds is 3. The molecule has 0 spiro atoms. The second-order valence-corrected chi connectivity index (χ2v) is 5.48. The summed E-state index contributed by atoms with van der Waals surface area (Å²) in [5, 5.41) is 3.41. The van der Waals surface area contributed by atoms with Crippen molar-refractivity contribution in [3.63, 3.8) is 0 Å². The van der Waals surface area contributed by atoms with Crippen LogP contribution in [0.5, 0.6) is 0 Å². The van der Waals surface area contributed by atoms with Crippen LogP contribution in [0.2, 0.25) is 0 Å². The van der Waals surface area contributed by atoms with Crippen LogP contribution in [0, 0.1) is 11.8 Å². The van der Waals surface area contributed by atoms with Crippen LogP contribution in [0.4, 0.5) is 0 Å². The van der Waals surface area contributed by atoms with Gasteiger partial charge < -0.3 is 14.8 Å². The van der Waals surface area contributed by atoms with Gasteiger partial charge in [0, 0.05) is 38.9 Å². The zero-order valence-corrected chi connectivity index (χ0v) is 10.9. The van der Waals surface area contributed by atoms with Crippen LogP contribution in [0.3, 0.4) is 0 Å². The van der Waals surface area contributed by atoms with E-state index in [2.05, 4.69) is 16.8 Å². The predicted molar refractivity (Wildman–Crippen MR) is 70.5 cm³/mol. The van der Waals surface area contributed by atoms with Gasteiger partial charge in [-0.1, -0.05) is 6.92 Å². The topological polar surface area (TPSA) is 37.3 Å². The van der Waals surface area contributed by atoms with Crippen molar-refractivity contribution in [2.24, 2.45) is 11.8 Å². The van der Waals surface area contributed by atoms with Gasteiger partial charge in [-0.25, -0.2) is 0 Å². The highest BCUT2D eigenvalue weighted by atomic mass is 16.2. The molecule has 2 saturated heterocycles. The van der Waals surface area contributed by atoms with E-state index in [0.717, 1.165) is 44.8 Å². The van der Waals surface area contributed by atoms with E-state index in [1.165, 1.54) is 0 Å². The third kappa shape index (κ3) is 1.94. The van der Waals surface area contributed by atoms with Crippen LogP contribution >= 0.6 is 0 Å². The molecule has 2 aliphatic heterocycles. The number of nitrogens with zero attached hydrogens (tertiary/aromatic N) is 2. The van der Waals surface area contributed by atoms with E-state index >= 15 is 0 Å². The lowest BCUT2D eigenvalue weighted by atomic mass is 10.0. The number of fused-ring (bicyclic) bond motifs is 1. The molecule has 3 heterocycles. The molecule has 1 aromatic heterocycles. The van der Waals surface area contributed by atoms with E-state index in [1.807, 2.05) is 23.2 Å². The highest BCUT2D eigenvalue weighted by molar-refractivity contribution is 5.93. The summed E-state index contributed by atoms with van der Waals surface area (Å²) < 4.78 is 2.08. The molecule has 0 aliphatic carbocycles. The zero-order chi connectivity index (χ0) is 12.5. The number of hydrogen-bond acceptors (Lipinski definition) is 2. The summed E-state index contributed by atoms with van der Waals surface area (Å²) in [4.78, 5) is 14.6. The van der Waals surface area contributed by atoms with Gasteiger partial charge in [0.1, 0.15) is 5.69 Å². The van der Waals surface area contributed by atoms with Crippen molar-refractivity contribution in [2.75, 3.05) is 26.2 Å². The molecule has 2 fully saturated rings. The van der Waals surface area contributed by atoms with Gasteiger partial charge in [-0.2, -0.15) is 0 Å². The van der Waals surface area contributed by atoms with Crippen molar-refractivity contribution in [1.29, 1.82) is 0 Å². The Morgan fingerprint density at radius 3 is 2.78 bits per heavy atom. The number of amides is 1. The maximum Gasteiger partial charge on any atom is 0.270 e. The summed E-state index contributed by atoms with van der Waals surface area (Å²) >= 11 is 0. The number of carbonyl (C=O) groups is 1. The van der Waals surface area contributed by atoms with Crippen LogP contribution in [-0.2, 0) is 6.54 Å². The van der Waals surface area contributed by atoms with Crippen molar-refractivity contribution in [3.8, 4) is 0 Å². The molecule has 0 saturated carbocycles. The van der Waals surface area contributed by atoms with Crippen LogP contribution in [0.25, 0.3) is 0 Å². The lowest BCUT2D eigenvalue weighted by Gasteiger charge is -2.18. The average molecular weight is 247 g/mol. The first-order valence-electron chi connectivity index (χ1n) is 6.94. The van der Waals surface area contributed by atoms with E-state index in [4.69, 9.17) is 0 Å². The van der Waals surface area contributed by atoms with E-state index in [9.17, 15) is 4.79 Å². The van der Waals surface area contributed by atoms with Crippen molar-refractivity contribution in [1.82, 2.24) is 14.8 Å². The number of aryl methyl sites for hydroxylation is 1. The summed E-state index contributed by atoms with van der Waals surface area (Å²) in [5.41, 5.74) is 0.852. The zero-order valence-electron chi connectivity index (χ0n) is 10.9.